The minimum atomic E-state index is 0.634. The molecule has 0 heterocycles. The van der Waals surface area contributed by atoms with Crippen molar-refractivity contribution in [2.45, 2.75) is 60.3 Å². The maximum Gasteiger partial charge on any atom is -0.0141 e. The quantitative estimate of drug-likeness (QED) is 0.536. The average Bonchev–Trinajstić information content (AvgIpc) is 2.90. The number of allylic oxidation sites excluding steroid dienone is 1. The van der Waals surface area contributed by atoms with Gasteiger partial charge in [0.15, 0.2) is 0 Å². The van der Waals surface area contributed by atoms with Crippen LogP contribution < -0.4 is 0 Å². The lowest BCUT2D eigenvalue weighted by atomic mass is 9.84. The van der Waals surface area contributed by atoms with E-state index in [1.165, 1.54) is 31.3 Å². The lowest BCUT2D eigenvalue weighted by Crippen LogP contribution is -2.10. The Morgan fingerprint density at radius 1 is 1.33 bits per heavy atom. The van der Waals surface area contributed by atoms with Crippen LogP contribution in [0.15, 0.2) is 12.2 Å². The van der Waals surface area contributed by atoms with Gasteiger partial charge in [-0.2, -0.15) is 0 Å². The van der Waals surface area contributed by atoms with Crippen molar-refractivity contribution in [3.8, 4) is 0 Å². The molecule has 0 N–H and O–H groups in total. The summed E-state index contributed by atoms with van der Waals surface area (Å²) in [6.07, 6.45) is 5.39. The largest absolute Gasteiger partial charge is 0.0993 e. The Bertz CT molecular complexity index is 226. The van der Waals surface area contributed by atoms with Gasteiger partial charge in [-0.05, 0) is 48.9 Å². The maximum absolute atomic E-state index is 4.34. The monoisotopic (exact) mass is 208 g/mol. The van der Waals surface area contributed by atoms with Crippen LogP contribution in [0.3, 0.4) is 0 Å². The predicted octanol–water partition coefficient (Wildman–Crippen LogP) is 5.05. The molecule has 1 saturated carbocycles. The van der Waals surface area contributed by atoms with E-state index in [9.17, 15) is 0 Å². The Labute approximate surface area is 96.2 Å². The highest BCUT2D eigenvalue weighted by molar-refractivity contribution is 5.20. The van der Waals surface area contributed by atoms with Crippen LogP contribution in [0.5, 0.6) is 0 Å². The summed E-state index contributed by atoms with van der Waals surface area (Å²) in [4.78, 5) is 0. The Balaban J connectivity index is 2.58. The van der Waals surface area contributed by atoms with Gasteiger partial charge in [0.05, 0.1) is 0 Å². The summed E-state index contributed by atoms with van der Waals surface area (Å²) in [5.41, 5.74) is 2.16. The Morgan fingerprint density at radius 3 is 2.33 bits per heavy atom. The van der Waals surface area contributed by atoms with Crippen molar-refractivity contribution < 1.29 is 0 Å². The Hall–Kier alpha value is -0.260. The van der Waals surface area contributed by atoms with Crippen LogP contribution in [-0.4, -0.2) is 0 Å². The summed E-state index contributed by atoms with van der Waals surface area (Å²) < 4.78 is 0. The van der Waals surface area contributed by atoms with Gasteiger partial charge in [0.1, 0.15) is 0 Å². The molecule has 0 aliphatic heterocycles. The normalized spacial score (nSPS) is 31.7. The zero-order chi connectivity index (χ0) is 11.6. The third kappa shape index (κ3) is 2.65. The van der Waals surface area contributed by atoms with E-state index in [2.05, 4.69) is 41.2 Å². The van der Waals surface area contributed by atoms with Gasteiger partial charge in [-0.3, -0.25) is 0 Å². The SMILES string of the molecule is C=C(C(C)CC)C1CC1(CC)CC(C)C. The molecular weight excluding hydrogens is 180 g/mol. The van der Waals surface area contributed by atoms with Gasteiger partial charge in [-0.25, -0.2) is 0 Å². The standard InChI is InChI=1S/C15H28/c1-7-12(5)13(6)14-10-15(14,8-2)9-11(3)4/h11-12,14H,6-10H2,1-5H3. The number of hydrogen-bond donors (Lipinski definition) is 0. The van der Waals surface area contributed by atoms with Gasteiger partial charge in [0, 0.05) is 0 Å². The number of hydrogen-bond acceptors (Lipinski definition) is 0. The second kappa shape index (κ2) is 4.72. The molecule has 3 atom stereocenters. The molecule has 0 amide bonds. The fourth-order valence-electron chi connectivity index (χ4n) is 3.05. The molecule has 0 aromatic heterocycles. The number of rotatable bonds is 6. The highest BCUT2D eigenvalue weighted by atomic mass is 14.6. The van der Waals surface area contributed by atoms with E-state index in [0.717, 1.165) is 17.8 Å². The molecule has 0 nitrogen and oxygen atoms in total. The zero-order valence-corrected chi connectivity index (χ0v) is 11.3. The van der Waals surface area contributed by atoms with Gasteiger partial charge in [0.2, 0.25) is 0 Å². The molecule has 0 bridgehead atoms. The molecule has 1 fully saturated rings. The van der Waals surface area contributed by atoms with E-state index in [0.29, 0.717) is 5.41 Å². The molecule has 1 aliphatic carbocycles. The summed E-state index contributed by atoms with van der Waals surface area (Å²) in [5.74, 6) is 2.38. The first-order chi connectivity index (χ1) is 6.96. The van der Waals surface area contributed by atoms with E-state index in [1.807, 2.05) is 0 Å². The Kier molecular flexibility index (Phi) is 4.03. The van der Waals surface area contributed by atoms with Crippen LogP contribution in [0.25, 0.3) is 0 Å². The van der Waals surface area contributed by atoms with Gasteiger partial charge >= 0.3 is 0 Å². The van der Waals surface area contributed by atoms with Crippen molar-refractivity contribution in [1.29, 1.82) is 0 Å². The molecule has 1 rings (SSSR count). The van der Waals surface area contributed by atoms with Crippen molar-refractivity contribution >= 4 is 0 Å². The highest BCUT2D eigenvalue weighted by Gasteiger charge is 2.53. The molecule has 0 aromatic rings. The van der Waals surface area contributed by atoms with Crippen LogP contribution >= 0.6 is 0 Å². The summed E-state index contributed by atoms with van der Waals surface area (Å²) in [6.45, 7) is 16.0. The minimum absolute atomic E-state index is 0.634. The van der Waals surface area contributed by atoms with Crippen LogP contribution in [0.1, 0.15) is 60.3 Å². The van der Waals surface area contributed by atoms with E-state index in [4.69, 9.17) is 0 Å². The summed E-state index contributed by atoms with van der Waals surface area (Å²) in [5, 5.41) is 0. The van der Waals surface area contributed by atoms with E-state index >= 15 is 0 Å². The van der Waals surface area contributed by atoms with E-state index in [-0.39, 0.29) is 0 Å². The second-order valence-electron chi connectivity index (χ2n) is 5.95. The maximum atomic E-state index is 4.34. The van der Waals surface area contributed by atoms with Crippen molar-refractivity contribution in [3.63, 3.8) is 0 Å². The lowest BCUT2D eigenvalue weighted by Gasteiger charge is -2.21. The van der Waals surface area contributed by atoms with Crippen LogP contribution in [0.4, 0.5) is 0 Å². The van der Waals surface area contributed by atoms with Gasteiger partial charge in [-0.1, -0.05) is 46.8 Å². The van der Waals surface area contributed by atoms with Crippen molar-refractivity contribution in [1.82, 2.24) is 0 Å². The predicted molar refractivity (Wildman–Crippen MR) is 68.9 cm³/mol. The molecular formula is C15H28. The molecule has 0 heteroatoms. The van der Waals surface area contributed by atoms with Gasteiger partial charge in [0.25, 0.3) is 0 Å². The zero-order valence-electron chi connectivity index (χ0n) is 11.3. The minimum Gasteiger partial charge on any atom is -0.0993 e. The first kappa shape index (κ1) is 12.8. The fourth-order valence-corrected chi connectivity index (χ4v) is 3.05. The summed E-state index contributed by atoms with van der Waals surface area (Å²) >= 11 is 0. The molecule has 1 aliphatic rings. The fraction of sp³-hybridized carbons (Fsp3) is 0.867. The van der Waals surface area contributed by atoms with Crippen LogP contribution in [0, 0.1) is 23.2 Å². The highest BCUT2D eigenvalue weighted by Crippen LogP contribution is 2.63. The second-order valence-corrected chi connectivity index (χ2v) is 5.95. The molecule has 88 valence electrons. The molecule has 15 heavy (non-hydrogen) atoms. The van der Waals surface area contributed by atoms with Crippen molar-refractivity contribution in [2.24, 2.45) is 23.2 Å². The smallest absolute Gasteiger partial charge is 0.0141 e. The third-order valence-corrected chi connectivity index (χ3v) is 4.40. The first-order valence-corrected chi connectivity index (χ1v) is 6.65. The van der Waals surface area contributed by atoms with Crippen LogP contribution in [-0.2, 0) is 0 Å². The average molecular weight is 208 g/mol. The van der Waals surface area contributed by atoms with Crippen molar-refractivity contribution in [3.05, 3.63) is 12.2 Å². The first-order valence-electron chi connectivity index (χ1n) is 6.65. The van der Waals surface area contributed by atoms with E-state index < -0.39 is 0 Å². The molecule has 0 spiro atoms. The lowest BCUT2D eigenvalue weighted by molar-refractivity contribution is 0.349. The third-order valence-electron chi connectivity index (χ3n) is 4.40. The molecule has 0 radical (unpaired) electrons. The van der Waals surface area contributed by atoms with Crippen LogP contribution in [0.2, 0.25) is 0 Å². The molecule has 0 saturated heterocycles. The summed E-state index contributed by atoms with van der Waals surface area (Å²) in [6, 6.07) is 0. The van der Waals surface area contributed by atoms with Gasteiger partial charge < -0.3 is 0 Å². The molecule has 3 unspecified atom stereocenters. The van der Waals surface area contributed by atoms with E-state index in [1.54, 1.807) is 0 Å². The Morgan fingerprint density at radius 2 is 1.93 bits per heavy atom. The topological polar surface area (TPSA) is 0 Å². The molecule has 0 aromatic carbocycles. The summed E-state index contributed by atoms with van der Waals surface area (Å²) in [7, 11) is 0. The van der Waals surface area contributed by atoms with Gasteiger partial charge in [-0.15, -0.1) is 0 Å². The van der Waals surface area contributed by atoms with Crippen molar-refractivity contribution in [2.75, 3.05) is 0 Å².